The number of allylic oxidation sites excluding steroid dienone is 5. The monoisotopic (exact) mass is 337 g/mol. The Balaban J connectivity index is 1.54. The molecule has 3 rings (SSSR count). The fraction of sp³-hybridized carbons (Fsp3) is 0.300. The van der Waals surface area contributed by atoms with Crippen LogP contribution in [-0.2, 0) is 9.59 Å². The molecule has 2 amide bonds. The van der Waals surface area contributed by atoms with Gasteiger partial charge in [-0.2, -0.15) is 0 Å². The number of nitrogens with zero attached hydrogens (tertiary/aromatic N) is 1. The minimum Gasteiger partial charge on any atom is -0.350 e. The van der Waals surface area contributed by atoms with E-state index in [4.69, 9.17) is 0 Å². The van der Waals surface area contributed by atoms with E-state index in [1.54, 1.807) is 0 Å². The number of nitrogens with one attached hydrogen (secondary N) is 2. The zero-order valence-corrected chi connectivity index (χ0v) is 14.2. The van der Waals surface area contributed by atoms with Crippen molar-refractivity contribution in [3.8, 4) is 0 Å². The maximum Gasteiger partial charge on any atom is 0.234 e. The zero-order valence-electron chi connectivity index (χ0n) is 14.2. The van der Waals surface area contributed by atoms with Crippen LogP contribution in [0.1, 0.15) is 12.8 Å². The summed E-state index contributed by atoms with van der Waals surface area (Å²) in [5, 5.41) is 5.79. The van der Waals surface area contributed by atoms with Crippen LogP contribution >= 0.6 is 0 Å². The van der Waals surface area contributed by atoms with Crippen LogP contribution in [0.2, 0.25) is 0 Å². The average Bonchev–Trinajstić information content (AvgIpc) is 2.83. The Kier molecular flexibility index (Phi) is 5.80. The van der Waals surface area contributed by atoms with Gasteiger partial charge in [-0.15, -0.1) is 0 Å². The second-order valence-electron chi connectivity index (χ2n) is 6.39. The van der Waals surface area contributed by atoms with E-state index in [2.05, 4.69) is 27.7 Å². The van der Waals surface area contributed by atoms with Crippen LogP contribution in [-0.4, -0.2) is 42.4 Å². The Hall–Kier alpha value is -2.66. The van der Waals surface area contributed by atoms with Gasteiger partial charge in [-0.25, -0.2) is 0 Å². The van der Waals surface area contributed by atoms with E-state index in [0.29, 0.717) is 13.1 Å². The molecule has 5 heteroatoms. The average molecular weight is 337 g/mol. The molecule has 1 heterocycles. The number of carbonyl (C=O) groups excluding carboxylic acids is 2. The van der Waals surface area contributed by atoms with Gasteiger partial charge in [-0.3, -0.25) is 14.5 Å². The molecule has 1 aliphatic carbocycles. The molecule has 5 nitrogen and oxygen atoms in total. The molecule has 0 radical (unpaired) electrons. The lowest BCUT2D eigenvalue weighted by Gasteiger charge is -2.33. The molecule has 1 fully saturated rings. The van der Waals surface area contributed by atoms with E-state index in [-0.39, 0.29) is 24.3 Å². The van der Waals surface area contributed by atoms with E-state index < -0.39 is 0 Å². The Labute approximate surface area is 148 Å². The smallest absolute Gasteiger partial charge is 0.234 e. The van der Waals surface area contributed by atoms with Gasteiger partial charge in [0.15, 0.2) is 0 Å². The van der Waals surface area contributed by atoms with E-state index in [0.717, 1.165) is 18.7 Å². The maximum absolute atomic E-state index is 12.2. The maximum atomic E-state index is 12.2. The number of anilines is 1. The summed E-state index contributed by atoms with van der Waals surface area (Å²) in [5.41, 5.74) is 2.04. The minimum atomic E-state index is -0.164. The van der Waals surface area contributed by atoms with Crippen molar-refractivity contribution in [2.45, 2.75) is 18.9 Å². The molecule has 0 bridgehead atoms. The summed E-state index contributed by atoms with van der Waals surface area (Å²) < 4.78 is 0. The molecular weight excluding hydrogens is 314 g/mol. The van der Waals surface area contributed by atoms with Crippen molar-refractivity contribution in [3.05, 3.63) is 66.3 Å². The molecule has 1 aliphatic heterocycles. The number of para-hydroxylation sites is 1. The van der Waals surface area contributed by atoms with E-state index in [1.807, 2.05) is 48.6 Å². The minimum absolute atomic E-state index is 0.0240. The number of hydrogen-bond acceptors (Lipinski definition) is 3. The first-order valence-corrected chi connectivity index (χ1v) is 8.57. The van der Waals surface area contributed by atoms with Gasteiger partial charge in [0, 0.05) is 25.2 Å². The van der Waals surface area contributed by atoms with Gasteiger partial charge in [-0.05, 0) is 18.6 Å². The second kappa shape index (κ2) is 8.44. The van der Waals surface area contributed by atoms with Gasteiger partial charge in [0.05, 0.1) is 12.6 Å². The molecule has 130 valence electrons. The summed E-state index contributed by atoms with van der Waals surface area (Å²) in [4.78, 5) is 26.3. The van der Waals surface area contributed by atoms with E-state index in [1.165, 1.54) is 5.57 Å². The Bertz CT molecular complexity index is 707. The normalized spacial score (nSPS) is 20.6. The topological polar surface area (TPSA) is 61.4 Å². The predicted octanol–water partition coefficient (Wildman–Crippen LogP) is 2.26. The van der Waals surface area contributed by atoms with Crippen molar-refractivity contribution >= 4 is 17.5 Å². The Morgan fingerprint density at radius 3 is 2.88 bits per heavy atom. The van der Waals surface area contributed by atoms with Crippen molar-refractivity contribution < 1.29 is 9.59 Å². The van der Waals surface area contributed by atoms with Crippen LogP contribution in [0.15, 0.2) is 66.3 Å². The molecule has 0 aromatic heterocycles. The Morgan fingerprint density at radius 2 is 2.04 bits per heavy atom. The quantitative estimate of drug-likeness (QED) is 0.866. The summed E-state index contributed by atoms with van der Waals surface area (Å²) in [5.74, 6) is -0.109. The van der Waals surface area contributed by atoms with E-state index >= 15 is 0 Å². The van der Waals surface area contributed by atoms with E-state index in [9.17, 15) is 9.59 Å². The first-order valence-electron chi connectivity index (χ1n) is 8.57. The van der Waals surface area contributed by atoms with Crippen molar-refractivity contribution in [2.24, 2.45) is 0 Å². The molecule has 25 heavy (non-hydrogen) atoms. The molecule has 0 spiro atoms. The standard InChI is InChI=1S/C20H23N3O2/c24-19(21-17-10-6-3-7-11-17)12-18-14-23(15-20(25)22-18)13-16-8-4-1-2-5-9-16/h1-8,10-11,18H,9,12-15H2,(H,21,24)(H,22,25)/t18-/m1/s1. The first-order chi connectivity index (χ1) is 12.2. The molecule has 0 unspecified atom stereocenters. The van der Waals surface area contributed by atoms with Crippen molar-refractivity contribution in [3.63, 3.8) is 0 Å². The highest BCUT2D eigenvalue weighted by Crippen LogP contribution is 2.13. The SMILES string of the molecule is O=C(C[C@@H]1CN(CC2=CC=CC=CC2)CC(=O)N1)Nc1ccccc1. The van der Waals surface area contributed by atoms with Crippen LogP contribution < -0.4 is 10.6 Å². The van der Waals surface area contributed by atoms with Crippen LogP contribution in [0.3, 0.4) is 0 Å². The van der Waals surface area contributed by atoms with Crippen molar-refractivity contribution in [1.82, 2.24) is 10.2 Å². The van der Waals surface area contributed by atoms with Crippen molar-refractivity contribution in [1.29, 1.82) is 0 Å². The summed E-state index contributed by atoms with van der Waals surface area (Å²) in [7, 11) is 0. The highest BCUT2D eigenvalue weighted by Gasteiger charge is 2.26. The third kappa shape index (κ3) is 5.43. The van der Waals surface area contributed by atoms with Crippen LogP contribution in [0.4, 0.5) is 5.69 Å². The number of benzene rings is 1. The van der Waals surface area contributed by atoms with Crippen molar-refractivity contribution in [2.75, 3.05) is 25.0 Å². The fourth-order valence-electron chi connectivity index (χ4n) is 3.12. The zero-order chi connectivity index (χ0) is 17.5. The number of piperazine rings is 1. The number of amides is 2. The molecule has 0 saturated carbocycles. The molecule has 1 aromatic carbocycles. The lowest BCUT2D eigenvalue weighted by molar-refractivity contribution is -0.126. The third-order valence-corrected chi connectivity index (χ3v) is 4.20. The summed E-state index contributed by atoms with van der Waals surface area (Å²) in [6.07, 6.45) is 11.4. The number of rotatable bonds is 5. The summed E-state index contributed by atoms with van der Waals surface area (Å²) >= 11 is 0. The largest absolute Gasteiger partial charge is 0.350 e. The van der Waals surface area contributed by atoms with Crippen LogP contribution in [0.25, 0.3) is 0 Å². The predicted molar refractivity (Wildman–Crippen MR) is 99.0 cm³/mol. The third-order valence-electron chi connectivity index (χ3n) is 4.20. The lowest BCUT2D eigenvalue weighted by Crippen LogP contribution is -2.55. The highest BCUT2D eigenvalue weighted by atomic mass is 16.2. The highest BCUT2D eigenvalue weighted by molar-refractivity contribution is 5.91. The van der Waals surface area contributed by atoms with Gasteiger partial charge >= 0.3 is 0 Å². The first kappa shape index (κ1) is 17.2. The second-order valence-corrected chi connectivity index (χ2v) is 6.39. The molecule has 2 aliphatic rings. The van der Waals surface area contributed by atoms with Gasteiger partial charge in [-0.1, -0.05) is 54.2 Å². The van der Waals surface area contributed by atoms with Gasteiger partial charge < -0.3 is 10.6 Å². The fourth-order valence-corrected chi connectivity index (χ4v) is 3.12. The molecule has 1 atom stereocenters. The Morgan fingerprint density at radius 1 is 1.20 bits per heavy atom. The number of carbonyl (C=O) groups is 2. The van der Waals surface area contributed by atoms with Crippen LogP contribution in [0, 0.1) is 0 Å². The van der Waals surface area contributed by atoms with Crippen LogP contribution in [0.5, 0.6) is 0 Å². The van der Waals surface area contributed by atoms with Gasteiger partial charge in [0.2, 0.25) is 11.8 Å². The molecule has 1 saturated heterocycles. The number of hydrogen-bond donors (Lipinski definition) is 2. The van der Waals surface area contributed by atoms with Gasteiger partial charge in [0.25, 0.3) is 0 Å². The van der Waals surface area contributed by atoms with Gasteiger partial charge in [0.1, 0.15) is 0 Å². The summed E-state index contributed by atoms with van der Waals surface area (Å²) in [6, 6.07) is 9.20. The molecule has 2 N–H and O–H groups in total. The summed E-state index contributed by atoms with van der Waals surface area (Å²) in [6.45, 7) is 1.80. The molecule has 1 aromatic rings. The lowest BCUT2D eigenvalue weighted by atomic mass is 10.1. The molecular formula is C20H23N3O2.